The van der Waals surface area contributed by atoms with Crippen LogP contribution in [-0.2, 0) is 4.79 Å². The van der Waals surface area contributed by atoms with Crippen LogP contribution >= 0.6 is 0 Å². The molecule has 0 aromatic carbocycles. The molecule has 0 spiro atoms. The van der Waals surface area contributed by atoms with E-state index in [0.29, 0.717) is 18.5 Å². The van der Waals surface area contributed by atoms with Gasteiger partial charge in [-0.05, 0) is 45.1 Å². The number of hydrogen-bond donors (Lipinski definition) is 1. The number of ether oxygens (including phenoxy) is 1. The van der Waals surface area contributed by atoms with Gasteiger partial charge in [-0.2, -0.15) is 0 Å². The highest BCUT2D eigenvalue weighted by molar-refractivity contribution is 5.86. The minimum absolute atomic E-state index is 0.111. The number of nitrogens with zero attached hydrogens (tertiary/aromatic N) is 4. The Morgan fingerprint density at radius 1 is 1.14 bits per heavy atom. The van der Waals surface area contributed by atoms with Crippen molar-refractivity contribution in [3.05, 3.63) is 17.6 Å². The summed E-state index contributed by atoms with van der Waals surface area (Å²) in [5.41, 5.74) is 8.82. The first kappa shape index (κ1) is 19.2. The molecule has 3 heterocycles. The highest BCUT2D eigenvalue weighted by atomic mass is 16.5. The molecule has 2 aliphatic rings. The summed E-state index contributed by atoms with van der Waals surface area (Å²) >= 11 is 0. The zero-order valence-electron chi connectivity index (χ0n) is 17.0. The number of likely N-dealkylation sites (tertiary alicyclic amines) is 1. The summed E-state index contributed by atoms with van der Waals surface area (Å²) in [4.78, 5) is 22.4. The lowest BCUT2D eigenvalue weighted by Crippen LogP contribution is -2.42. The van der Waals surface area contributed by atoms with Crippen molar-refractivity contribution in [2.24, 2.45) is 5.73 Å². The molecule has 7 nitrogen and oxygen atoms in total. The number of rotatable bonds is 5. The Morgan fingerprint density at radius 2 is 1.86 bits per heavy atom. The average molecular weight is 386 g/mol. The number of carbonyl (C=O) groups is 1. The Balaban J connectivity index is 1.56. The summed E-state index contributed by atoms with van der Waals surface area (Å²) in [6, 6.07) is 0.532. The largest absolute Gasteiger partial charge is 0.474 e. The van der Waals surface area contributed by atoms with Gasteiger partial charge in [0.15, 0.2) is 0 Å². The number of fused-ring (bicyclic) bond motifs is 1. The highest BCUT2D eigenvalue weighted by Crippen LogP contribution is 2.37. The quantitative estimate of drug-likeness (QED) is 0.855. The van der Waals surface area contributed by atoms with Gasteiger partial charge in [-0.25, -0.2) is 9.97 Å². The Kier molecular flexibility index (Phi) is 5.53. The smallest absolute Gasteiger partial charge is 0.231 e. The molecule has 0 unspecified atom stereocenters. The molecule has 1 aliphatic carbocycles. The molecule has 2 N–H and O–H groups in total. The summed E-state index contributed by atoms with van der Waals surface area (Å²) in [7, 11) is 0. The van der Waals surface area contributed by atoms with E-state index in [-0.39, 0.29) is 12.0 Å². The first-order valence-corrected chi connectivity index (χ1v) is 10.5. The lowest BCUT2D eigenvalue weighted by molar-refractivity contribution is -0.119. The van der Waals surface area contributed by atoms with Crippen LogP contribution < -0.4 is 10.5 Å². The monoisotopic (exact) mass is 385 g/mol. The summed E-state index contributed by atoms with van der Waals surface area (Å²) in [6.07, 6.45) is 9.87. The van der Waals surface area contributed by atoms with Crippen LogP contribution in [0, 0.1) is 13.8 Å². The van der Waals surface area contributed by atoms with Crippen molar-refractivity contribution in [3.63, 3.8) is 0 Å². The number of hydrogen-bond acceptors (Lipinski definition) is 5. The van der Waals surface area contributed by atoms with Gasteiger partial charge in [0.25, 0.3) is 0 Å². The predicted molar refractivity (Wildman–Crippen MR) is 108 cm³/mol. The molecule has 2 aromatic rings. The number of nitrogens with two attached hydrogens (primary N) is 1. The van der Waals surface area contributed by atoms with Gasteiger partial charge in [-0.15, -0.1) is 0 Å². The van der Waals surface area contributed by atoms with Crippen LogP contribution in [0.4, 0.5) is 0 Å². The minimum Gasteiger partial charge on any atom is -0.474 e. The minimum atomic E-state index is -0.271. The van der Waals surface area contributed by atoms with Crippen molar-refractivity contribution in [1.29, 1.82) is 0 Å². The number of aromatic nitrogens is 3. The van der Waals surface area contributed by atoms with Crippen molar-refractivity contribution in [2.75, 3.05) is 19.6 Å². The van der Waals surface area contributed by atoms with Crippen LogP contribution in [0.2, 0.25) is 0 Å². The van der Waals surface area contributed by atoms with Crippen molar-refractivity contribution in [1.82, 2.24) is 19.4 Å². The fraction of sp³-hybridized carbons (Fsp3) is 0.667. The van der Waals surface area contributed by atoms with E-state index in [1.165, 1.54) is 43.4 Å². The Labute approximate surface area is 166 Å². The summed E-state index contributed by atoms with van der Waals surface area (Å²) < 4.78 is 8.78. The molecular formula is C21H31N5O2. The number of primary amides is 1. The maximum Gasteiger partial charge on any atom is 0.231 e. The molecule has 2 aromatic heterocycles. The molecule has 1 saturated heterocycles. The van der Waals surface area contributed by atoms with E-state index in [4.69, 9.17) is 10.5 Å². The average Bonchev–Trinajstić information content (AvgIpc) is 2.95. The van der Waals surface area contributed by atoms with Crippen molar-refractivity contribution < 1.29 is 9.53 Å². The van der Waals surface area contributed by atoms with E-state index >= 15 is 0 Å². The molecule has 0 radical (unpaired) electrons. The lowest BCUT2D eigenvalue weighted by atomic mass is 9.95. The molecule has 1 aliphatic heterocycles. The van der Waals surface area contributed by atoms with Gasteiger partial charge in [0.2, 0.25) is 11.8 Å². The SMILES string of the molecule is Cc1c(C)n(C2CCCCC2)c2ncnc(OC3CCN(CC(N)=O)CC3)c12. The molecular weight excluding hydrogens is 354 g/mol. The third-order valence-corrected chi connectivity index (χ3v) is 6.43. The summed E-state index contributed by atoms with van der Waals surface area (Å²) in [6.45, 7) is 6.32. The topological polar surface area (TPSA) is 86.3 Å². The van der Waals surface area contributed by atoms with Gasteiger partial charge in [-0.1, -0.05) is 19.3 Å². The van der Waals surface area contributed by atoms with Gasteiger partial charge in [-0.3, -0.25) is 9.69 Å². The van der Waals surface area contributed by atoms with E-state index < -0.39 is 0 Å². The van der Waals surface area contributed by atoms with Crippen LogP contribution in [-0.4, -0.2) is 51.1 Å². The molecule has 2 fully saturated rings. The molecule has 152 valence electrons. The Bertz CT molecular complexity index is 848. The van der Waals surface area contributed by atoms with Crippen LogP contribution in [0.25, 0.3) is 11.0 Å². The zero-order valence-corrected chi connectivity index (χ0v) is 17.0. The highest BCUT2D eigenvalue weighted by Gasteiger charge is 2.26. The van der Waals surface area contributed by atoms with Gasteiger partial charge >= 0.3 is 0 Å². The van der Waals surface area contributed by atoms with E-state index in [1.807, 2.05) is 0 Å². The molecule has 4 rings (SSSR count). The first-order valence-electron chi connectivity index (χ1n) is 10.5. The van der Waals surface area contributed by atoms with Gasteiger partial charge in [0.05, 0.1) is 11.9 Å². The maximum absolute atomic E-state index is 11.1. The third-order valence-electron chi connectivity index (χ3n) is 6.43. The van der Waals surface area contributed by atoms with Gasteiger partial charge in [0.1, 0.15) is 18.1 Å². The van der Waals surface area contributed by atoms with Crippen LogP contribution in [0.15, 0.2) is 6.33 Å². The molecule has 0 atom stereocenters. The van der Waals surface area contributed by atoms with E-state index in [9.17, 15) is 4.79 Å². The van der Waals surface area contributed by atoms with Crippen LogP contribution in [0.3, 0.4) is 0 Å². The normalized spacial score (nSPS) is 19.9. The summed E-state index contributed by atoms with van der Waals surface area (Å²) in [5.74, 6) is 0.431. The van der Waals surface area contributed by atoms with Crippen LogP contribution in [0.5, 0.6) is 5.88 Å². The molecule has 1 amide bonds. The van der Waals surface area contributed by atoms with Crippen molar-refractivity contribution in [2.45, 2.75) is 70.9 Å². The fourth-order valence-electron chi connectivity index (χ4n) is 4.83. The van der Waals surface area contributed by atoms with E-state index in [1.54, 1.807) is 6.33 Å². The molecule has 1 saturated carbocycles. The number of piperidine rings is 1. The molecule has 7 heteroatoms. The molecule has 0 bridgehead atoms. The Morgan fingerprint density at radius 3 is 2.54 bits per heavy atom. The first-order chi connectivity index (χ1) is 13.5. The fourth-order valence-corrected chi connectivity index (χ4v) is 4.83. The number of carbonyl (C=O) groups excluding carboxylic acids is 1. The second-order valence-electron chi connectivity index (χ2n) is 8.31. The van der Waals surface area contributed by atoms with E-state index in [2.05, 4.69) is 33.3 Å². The standard InChI is InChI=1S/C21H31N5O2/c1-14-15(2)26(16-6-4-3-5-7-16)20-19(14)21(24-13-23-20)28-17-8-10-25(11-9-17)12-18(22)27/h13,16-17H,3-12H2,1-2H3,(H2,22,27). The lowest BCUT2D eigenvalue weighted by Gasteiger charge is -2.31. The molecule has 28 heavy (non-hydrogen) atoms. The Hall–Kier alpha value is -2.15. The van der Waals surface area contributed by atoms with E-state index in [0.717, 1.165) is 37.0 Å². The summed E-state index contributed by atoms with van der Waals surface area (Å²) in [5, 5.41) is 1.06. The predicted octanol–water partition coefficient (Wildman–Crippen LogP) is 2.88. The van der Waals surface area contributed by atoms with Gasteiger partial charge in [0, 0.05) is 24.8 Å². The third kappa shape index (κ3) is 3.72. The number of aryl methyl sites for hydroxylation is 1. The second-order valence-corrected chi connectivity index (χ2v) is 8.31. The van der Waals surface area contributed by atoms with Crippen molar-refractivity contribution in [3.8, 4) is 5.88 Å². The maximum atomic E-state index is 11.1. The van der Waals surface area contributed by atoms with Gasteiger partial charge < -0.3 is 15.0 Å². The second kappa shape index (κ2) is 8.07. The zero-order chi connectivity index (χ0) is 19.7. The number of amides is 1. The van der Waals surface area contributed by atoms with Crippen LogP contribution in [0.1, 0.15) is 62.2 Å². The van der Waals surface area contributed by atoms with Crippen molar-refractivity contribution >= 4 is 16.9 Å².